The van der Waals surface area contributed by atoms with Crippen molar-refractivity contribution in [3.63, 3.8) is 0 Å². The van der Waals surface area contributed by atoms with Gasteiger partial charge in [-0.3, -0.25) is 4.79 Å². The van der Waals surface area contributed by atoms with E-state index >= 15 is 0 Å². The number of ether oxygens (including phenoxy) is 1. The smallest absolute Gasteiger partial charge is 0.242 e. The predicted octanol–water partition coefficient (Wildman–Crippen LogP) is 1.39. The van der Waals surface area contributed by atoms with Gasteiger partial charge in [-0.05, 0) is 26.0 Å². The molecule has 1 aliphatic heterocycles. The van der Waals surface area contributed by atoms with Gasteiger partial charge in [0, 0.05) is 23.3 Å². The van der Waals surface area contributed by atoms with Crippen molar-refractivity contribution in [3.8, 4) is 0 Å². The molecular formula is C13H20N2O2S. The Hall–Kier alpha value is -0.910. The van der Waals surface area contributed by atoms with E-state index in [0.717, 1.165) is 6.54 Å². The summed E-state index contributed by atoms with van der Waals surface area (Å²) in [4.78, 5) is 16.6. The molecule has 0 saturated carbocycles. The molecule has 1 aliphatic rings. The van der Waals surface area contributed by atoms with E-state index in [1.54, 1.807) is 16.2 Å². The maximum atomic E-state index is 12.3. The van der Waals surface area contributed by atoms with E-state index in [2.05, 4.69) is 24.4 Å². The van der Waals surface area contributed by atoms with E-state index in [-0.39, 0.29) is 18.1 Å². The fourth-order valence-electron chi connectivity index (χ4n) is 2.13. The molecule has 18 heavy (non-hydrogen) atoms. The molecule has 1 aromatic rings. The first-order valence-corrected chi connectivity index (χ1v) is 7.05. The summed E-state index contributed by atoms with van der Waals surface area (Å²) < 4.78 is 5.51. The highest BCUT2D eigenvalue weighted by atomic mass is 32.1. The Balaban J connectivity index is 1.95. The molecule has 2 atom stereocenters. The van der Waals surface area contributed by atoms with Crippen molar-refractivity contribution in [2.45, 2.75) is 32.5 Å². The van der Waals surface area contributed by atoms with Gasteiger partial charge in [0.1, 0.15) is 6.04 Å². The number of nitrogens with one attached hydrogen (secondary N) is 1. The fourth-order valence-corrected chi connectivity index (χ4v) is 3.07. The topological polar surface area (TPSA) is 41.6 Å². The van der Waals surface area contributed by atoms with Crippen LogP contribution in [-0.2, 0) is 16.1 Å². The quantitative estimate of drug-likeness (QED) is 0.901. The van der Waals surface area contributed by atoms with Crippen LogP contribution in [0.2, 0.25) is 0 Å². The maximum absolute atomic E-state index is 12.3. The molecule has 1 fully saturated rings. The first-order chi connectivity index (χ1) is 8.58. The lowest BCUT2D eigenvalue weighted by Gasteiger charge is -2.32. The van der Waals surface area contributed by atoms with Gasteiger partial charge in [0.25, 0.3) is 0 Å². The summed E-state index contributed by atoms with van der Waals surface area (Å²) in [5.74, 6) is 0.105. The third kappa shape index (κ3) is 3.10. The average molecular weight is 268 g/mol. The first-order valence-electron chi connectivity index (χ1n) is 6.23. The van der Waals surface area contributed by atoms with Gasteiger partial charge in [0.2, 0.25) is 5.91 Å². The van der Waals surface area contributed by atoms with E-state index in [4.69, 9.17) is 4.74 Å². The van der Waals surface area contributed by atoms with Crippen molar-refractivity contribution in [1.29, 1.82) is 0 Å². The zero-order valence-corrected chi connectivity index (χ0v) is 11.9. The van der Waals surface area contributed by atoms with Gasteiger partial charge in [0.15, 0.2) is 0 Å². The summed E-state index contributed by atoms with van der Waals surface area (Å²) in [7, 11) is 1.85. The number of nitrogens with zero attached hydrogens (tertiary/aromatic N) is 1. The van der Waals surface area contributed by atoms with Gasteiger partial charge < -0.3 is 15.0 Å². The van der Waals surface area contributed by atoms with Crippen molar-refractivity contribution in [1.82, 2.24) is 10.2 Å². The monoisotopic (exact) mass is 268 g/mol. The number of thiophene rings is 1. The van der Waals surface area contributed by atoms with E-state index < -0.39 is 0 Å². The summed E-state index contributed by atoms with van der Waals surface area (Å²) in [6.45, 7) is 6.11. The molecule has 1 aromatic heterocycles. The minimum Gasteiger partial charge on any atom is -0.375 e. The lowest BCUT2D eigenvalue weighted by molar-refractivity contribution is -0.138. The van der Waals surface area contributed by atoms with Crippen LogP contribution in [0.1, 0.15) is 16.7 Å². The van der Waals surface area contributed by atoms with Crippen molar-refractivity contribution in [2.75, 3.05) is 20.2 Å². The summed E-state index contributed by atoms with van der Waals surface area (Å²) in [5, 5.41) is 3.23. The zero-order chi connectivity index (χ0) is 13.1. The Morgan fingerprint density at radius 2 is 2.39 bits per heavy atom. The third-order valence-corrected chi connectivity index (χ3v) is 4.13. The molecule has 2 heterocycles. The molecule has 4 nitrogen and oxygen atoms in total. The van der Waals surface area contributed by atoms with Crippen LogP contribution in [0.3, 0.4) is 0 Å². The Morgan fingerprint density at radius 3 is 3.00 bits per heavy atom. The lowest BCUT2D eigenvalue weighted by atomic mass is 10.1. The van der Waals surface area contributed by atoms with Gasteiger partial charge in [-0.2, -0.15) is 0 Å². The number of morpholine rings is 1. The average Bonchev–Trinajstić information content (AvgIpc) is 2.74. The van der Waals surface area contributed by atoms with Crippen LogP contribution in [0.25, 0.3) is 0 Å². The van der Waals surface area contributed by atoms with Gasteiger partial charge in [-0.15, -0.1) is 11.3 Å². The minimum atomic E-state index is -0.218. The summed E-state index contributed by atoms with van der Waals surface area (Å²) >= 11 is 1.74. The van der Waals surface area contributed by atoms with Crippen LogP contribution >= 0.6 is 11.3 Å². The minimum absolute atomic E-state index is 0.0567. The molecule has 2 rings (SSSR count). The molecule has 0 bridgehead atoms. The zero-order valence-electron chi connectivity index (χ0n) is 11.1. The largest absolute Gasteiger partial charge is 0.375 e. The number of rotatable bonds is 3. The third-order valence-electron chi connectivity index (χ3n) is 3.15. The Morgan fingerprint density at radius 1 is 1.61 bits per heavy atom. The van der Waals surface area contributed by atoms with Crippen LogP contribution < -0.4 is 5.32 Å². The molecule has 0 spiro atoms. The van der Waals surface area contributed by atoms with Crippen LogP contribution in [0.5, 0.6) is 0 Å². The number of hydrogen-bond donors (Lipinski definition) is 1. The van der Waals surface area contributed by atoms with Crippen LogP contribution in [0.15, 0.2) is 12.1 Å². The maximum Gasteiger partial charge on any atom is 0.242 e. The molecule has 5 heteroatoms. The molecule has 0 unspecified atom stereocenters. The Kier molecular flexibility index (Phi) is 4.37. The number of amides is 1. The van der Waals surface area contributed by atoms with Crippen molar-refractivity contribution in [3.05, 3.63) is 21.9 Å². The Labute approximate surface area is 112 Å². The molecule has 0 radical (unpaired) electrons. The van der Waals surface area contributed by atoms with Crippen molar-refractivity contribution in [2.24, 2.45) is 0 Å². The standard InChI is InChI=1S/C13H20N2O2S/c1-9-4-5-11(18-9)8-15(3)13(16)12-10(2)17-7-6-14-12/h4-5,10,12,14H,6-8H2,1-3H3/t10-,12+/m1/s1. The van der Waals surface area contributed by atoms with Crippen molar-refractivity contribution < 1.29 is 9.53 Å². The number of hydrogen-bond acceptors (Lipinski definition) is 4. The highest BCUT2D eigenvalue weighted by Gasteiger charge is 2.30. The lowest BCUT2D eigenvalue weighted by Crippen LogP contribution is -2.55. The summed E-state index contributed by atoms with van der Waals surface area (Å²) in [6.07, 6.45) is -0.0567. The molecule has 100 valence electrons. The SMILES string of the molecule is Cc1ccc(CN(C)C(=O)[C@H]2NCCO[C@@H]2C)s1. The second-order valence-electron chi connectivity index (χ2n) is 4.71. The normalized spacial score (nSPS) is 23.9. The van der Waals surface area contributed by atoms with Crippen LogP contribution in [-0.4, -0.2) is 43.2 Å². The van der Waals surface area contributed by atoms with Gasteiger partial charge in [0.05, 0.1) is 19.3 Å². The fraction of sp³-hybridized carbons (Fsp3) is 0.615. The second-order valence-corrected chi connectivity index (χ2v) is 6.09. The molecule has 1 saturated heterocycles. The Bertz CT molecular complexity index is 419. The predicted molar refractivity (Wildman–Crippen MR) is 72.7 cm³/mol. The highest BCUT2D eigenvalue weighted by molar-refractivity contribution is 7.11. The van der Waals surface area contributed by atoms with E-state index in [1.807, 2.05) is 14.0 Å². The molecule has 1 N–H and O–H groups in total. The first kappa shape index (κ1) is 13.5. The van der Waals surface area contributed by atoms with Gasteiger partial charge >= 0.3 is 0 Å². The molecule has 1 amide bonds. The number of carbonyl (C=O) groups is 1. The van der Waals surface area contributed by atoms with Crippen LogP contribution in [0, 0.1) is 6.92 Å². The van der Waals surface area contributed by atoms with Gasteiger partial charge in [-0.1, -0.05) is 0 Å². The summed E-state index contributed by atoms with van der Waals surface area (Å²) in [6, 6.07) is 3.95. The summed E-state index contributed by atoms with van der Waals surface area (Å²) in [5.41, 5.74) is 0. The van der Waals surface area contributed by atoms with Crippen LogP contribution in [0.4, 0.5) is 0 Å². The van der Waals surface area contributed by atoms with Gasteiger partial charge in [-0.25, -0.2) is 0 Å². The number of likely N-dealkylation sites (N-methyl/N-ethyl adjacent to an activating group) is 1. The number of aryl methyl sites for hydroxylation is 1. The van der Waals surface area contributed by atoms with Crippen molar-refractivity contribution >= 4 is 17.2 Å². The van der Waals surface area contributed by atoms with E-state index in [0.29, 0.717) is 13.2 Å². The number of carbonyl (C=O) groups excluding carboxylic acids is 1. The highest BCUT2D eigenvalue weighted by Crippen LogP contribution is 2.17. The van der Waals surface area contributed by atoms with E-state index in [1.165, 1.54) is 9.75 Å². The second kappa shape index (κ2) is 5.82. The molecular weight excluding hydrogens is 248 g/mol. The van der Waals surface area contributed by atoms with E-state index in [9.17, 15) is 4.79 Å². The molecule has 0 aromatic carbocycles. The molecule has 0 aliphatic carbocycles.